The molecule has 39 heavy (non-hydrogen) atoms. The van der Waals surface area contributed by atoms with Crippen LogP contribution < -0.4 is 20.4 Å². The number of likely N-dealkylation sites (N-methyl/N-ethyl adjacent to an activating group) is 1. The highest BCUT2D eigenvalue weighted by Gasteiger charge is 2.37. The van der Waals surface area contributed by atoms with E-state index in [1.54, 1.807) is 23.8 Å². The van der Waals surface area contributed by atoms with Crippen molar-refractivity contribution in [1.29, 1.82) is 0 Å². The van der Waals surface area contributed by atoms with Crippen molar-refractivity contribution < 1.29 is 19.2 Å². The third kappa shape index (κ3) is 6.17. The largest absolute Gasteiger partial charge is 0.341 e. The Kier molecular flexibility index (Phi) is 8.76. The summed E-state index contributed by atoms with van der Waals surface area (Å²) in [4.78, 5) is 55.3. The molecule has 0 spiro atoms. The number of amides is 3. The Morgan fingerprint density at radius 1 is 0.974 bits per heavy atom. The van der Waals surface area contributed by atoms with Crippen LogP contribution in [0.5, 0.6) is 0 Å². The molecule has 0 saturated carbocycles. The molecule has 0 aromatic heterocycles. The molecular weight excluding hydrogens is 492 g/mol. The molecule has 1 aliphatic heterocycles. The van der Waals surface area contributed by atoms with E-state index < -0.39 is 12.1 Å². The normalized spacial score (nSPS) is 16.0. The summed E-state index contributed by atoms with van der Waals surface area (Å²) in [6.45, 7) is 5.53. The molecule has 0 fully saturated rings. The minimum absolute atomic E-state index is 0.00193. The van der Waals surface area contributed by atoms with Crippen molar-refractivity contribution in [3.63, 3.8) is 0 Å². The third-order valence-corrected chi connectivity index (χ3v) is 7.35. The van der Waals surface area contributed by atoms with E-state index >= 15 is 0 Å². The van der Waals surface area contributed by atoms with Gasteiger partial charge < -0.3 is 25.2 Å². The molecule has 1 heterocycles. The monoisotopic (exact) mass is 528 g/mol. The maximum Gasteiger partial charge on any atom is 0.251 e. The number of carbonyl (C=O) groups excluding carboxylic acids is 4. The standard InChI is InChI=1S/C31H36N4O4/c1-20-16-17-23-11-5-6-12-24(23)25(20)18-35-28-14-8-7-13-27(28)34(29(37)15-9-10-21(2)36)19-26(31(35)39)33-30(38)22(3)32-4/h5-8,11-14,16-17,22,26,32H,9-10,15,18-19H2,1-4H3,(H,33,38). The Labute approximate surface area is 229 Å². The fourth-order valence-corrected chi connectivity index (χ4v) is 4.96. The second-order valence-electron chi connectivity index (χ2n) is 10.1. The van der Waals surface area contributed by atoms with E-state index in [1.165, 1.54) is 6.92 Å². The van der Waals surface area contributed by atoms with Crippen LogP contribution in [0.15, 0.2) is 60.7 Å². The first-order valence-electron chi connectivity index (χ1n) is 13.4. The van der Waals surface area contributed by atoms with E-state index in [-0.39, 0.29) is 43.0 Å². The summed E-state index contributed by atoms with van der Waals surface area (Å²) in [5.74, 6) is -0.782. The van der Waals surface area contributed by atoms with E-state index in [9.17, 15) is 19.2 Å². The summed E-state index contributed by atoms with van der Waals surface area (Å²) in [5, 5.41) is 7.91. The average Bonchev–Trinajstić information content (AvgIpc) is 3.04. The molecule has 1 aliphatic rings. The van der Waals surface area contributed by atoms with Crippen molar-refractivity contribution in [3.05, 3.63) is 71.8 Å². The lowest BCUT2D eigenvalue weighted by atomic mass is 9.99. The molecule has 2 atom stereocenters. The molecule has 4 rings (SSSR count). The Morgan fingerprint density at radius 2 is 1.67 bits per heavy atom. The number of para-hydroxylation sites is 2. The first-order valence-corrected chi connectivity index (χ1v) is 13.4. The number of Topliss-reactive ketones (excluding diaryl/α,β-unsaturated/α-hetero) is 1. The summed E-state index contributed by atoms with van der Waals surface area (Å²) in [6, 6.07) is 18.0. The summed E-state index contributed by atoms with van der Waals surface area (Å²) < 4.78 is 0. The lowest BCUT2D eigenvalue weighted by molar-refractivity contribution is -0.128. The van der Waals surface area contributed by atoms with Gasteiger partial charge in [-0.2, -0.15) is 0 Å². The molecule has 0 bridgehead atoms. The molecule has 2 N–H and O–H groups in total. The predicted molar refractivity (Wildman–Crippen MR) is 154 cm³/mol. The minimum atomic E-state index is -0.951. The number of hydrogen-bond acceptors (Lipinski definition) is 5. The van der Waals surface area contributed by atoms with Gasteiger partial charge in [0.2, 0.25) is 11.8 Å². The van der Waals surface area contributed by atoms with Gasteiger partial charge in [-0.3, -0.25) is 14.4 Å². The highest BCUT2D eigenvalue weighted by molar-refractivity contribution is 6.08. The van der Waals surface area contributed by atoms with E-state index in [0.29, 0.717) is 24.2 Å². The van der Waals surface area contributed by atoms with Crippen LogP contribution in [0.2, 0.25) is 0 Å². The molecular formula is C31H36N4O4. The van der Waals surface area contributed by atoms with E-state index in [2.05, 4.69) is 16.7 Å². The first kappa shape index (κ1) is 28.0. The summed E-state index contributed by atoms with van der Waals surface area (Å²) in [6.07, 6.45) is 0.901. The van der Waals surface area contributed by atoms with Crippen LogP contribution in [0.25, 0.3) is 10.8 Å². The number of fused-ring (bicyclic) bond motifs is 2. The lowest BCUT2D eigenvalue weighted by Gasteiger charge is -2.27. The van der Waals surface area contributed by atoms with Crippen molar-refractivity contribution in [1.82, 2.24) is 10.6 Å². The van der Waals surface area contributed by atoms with Gasteiger partial charge >= 0.3 is 0 Å². The van der Waals surface area contributed by atoms with Crippen LogP contribution in [0, 0.1) is 6.92 Å². The number of anilines is 2. The Hall–Kier alpha value is -4.04. The molecule has 3 amide bonds. The number of carbonyl (C=O) groups is 4. The summed E-state index contributed by atoms with van der Waals surface area (Å²) >= 11 is 0. The third-order valence-electron chi connectivity index (χ3n) is 7.35. The van der Waals surface area contributed by atoms with Gasteiger partial charge in [0.25, 0.3) is 5.91 Å². The zero-order valence-corrected chi connectivity index (χ0v) is 23.0. The minimum Gasteiger partial charge on any atom is -0.341 e. The van der Waals surface area contributed by atoms with Gasteiger partial charge in [-0.05, 0) is 68.3 Å². The second-order valence-corrected chi connectivity index (χ2v) is 10.1. The van der Waals surface area contributed by atoms with Crippen LogP contribution in [0.4, 0.5) is 11.4 Å². The number of aryl methyl sites for hydroxylation is 1. The zero-order chi connectivity index (χ0) is 28.1. The first-order chi connectivity index (χ1) is 18.7. The van der Waals surface area contributed by atoms with Crippen molar-refractivity contribution in [2.75, 3.05) is 23.4 Å². The molecule has 0 radical (unpaired) electrons. The van der Waals surface area contributed by atoms with Gasteiger partial charge in [-0.25, -0.2) is 0 Å². The van der Waals surface area contributed by atoms with E-state index in [0.717, 1.165) is 21.9 Å². The molecule has 204 valence electrons. The highest BCUT2D eigenvalue weighted by atomic mass is 16.2. The van der Waals surface area contributed by atoms with Crippen molar-refractivity contribution in [2.24, 2.45) is 0 Å². The molecule has 0 saturated heterocycles. The van der Waals surface area contributed by atoms with Crippen LogP contribution >= 0.6 is 0 Å². The van der Waals surface area contributed by atoms with Crippen LogP contribution in [-0.4, -0.2) is 49.2 Å². The van der Waals surface area contributed by atoms with Gasteiger partial charge in [0.05, 0.1) is 30.5 Å². The Morgan fingerprint density at radius 3 is 2.38 bits per heavy atom. The fourth-order valence-electron chi connectivity index (χ4n) is 4.96. The topological polar surface area (TPSA) is 98.8 Å². The SMILES string of the molecule is CNC(C)C(=O)NC1CN(C(=O)CCCC(C)=O)c2ccccc2N(Cc2c(C)ccc3ccccc23)C1=O. The van der Waals surface area contributed by atoms with Gasteiger partial charge in [-0.1, -0.05) is 48.5 Å². The number of nitrogens with zero attached hydrogens (tertiary/aromatic N) is 2. The highest BCUT2D eigenvalue weighted by Crippen LogP contribution is 2.36. The maximum atomic E-state index is 14.2. The van der Waals surface area contributed by atoms with Gasteiger partial charge in [0.15, 0.2) is 0 Å². The van der Waals surface area contributed by atoms with Gasteiger partial charge in [0, 0.05) is 12.8 Å². The van der Waals surface area contributed by atoms with Crippen LogP contribution in [0.3, 0.4) is 0 Å². The molecule has 3 aromatic rings. The van der Waals surface area contributed by atoms with E-state index in [4.69, 9.17) is 0 Å². The van der Waals surface area contributed by atoms with Crippen molar-refractivity contribution >= 4 is 45.7 Å². The summed E-state index contributed by atoms with van der Waals surface area (Å²) in [5.41, 5.74) is 3.26. The Bertz CT molecular complexity index is 1400. The number of nitrogens with one attached hydrogen (secondary N) is 2. The number of ketones is 1. The maximum absolute atomic E-state index is 14.2. The quantitative estimate of drug-likeness (QED) is 0.439. The fraction of sp³-hybridized carbons (Fsp3) is 0.355. The lowest BCUT2D eigenvalue weighted by Crippen LogP contribution is -2.55. The molecule has 8 nitrogen and oxygen atoms in total. The smallest absolute Gasteiger partial charge is 0.251 e. The molecule has 2 unspecified atom stereocenters. The van der Waals surface area contributed by atoms with Crippen molar-refractivity contribution in [3.8, 4) is 0 Å². The van der Waals surface area contributed by atoms with Gasteiger partial charge in [-0.15, -0.1) is 0 Å². The second kappa shape index (κ2) is 12.2. The number of hydrogen-bond donors (Lipinski definition) is 2. The van der Waals surface area contributed by atoms with Crippen LogP contribution in [-0.2, 0) is 25.7 Å². The molecule has 8 heteroatoms. The van der Waals surface area contributed by atoms with Crippen molar-refractivity contribution in [2.45, 2.75) is 58.7 Å². The molecule has 0 aliphatic carbocycles. The summed E-state index contributed by atoms with van der Waals surface area (Å²) in [7, 11) is 1.68. The van der Waals surface area contributed by atoms with E-state index in [1.807, 2.05) is 61.5 Å². The number of benzene rings is 3. The Balaban J connectivity index is 1.79. The average molecular weight is 529 g/mol. The van der Waals surface area contributed by atoms with Crippen LogP contribution in [0.1, 0.15) is 44.2 Å². The molecule has 3 aromatic carbocycles. The zero-order valence-electron chi connectivity index (χ0n) is 23.0. The predicted octanol–water partition coefficient (Wildman–Crippen LogP) is 3.88. The van der Waals surface area contributed by atoms with Gasteiger partial charge in [0.1, 0.15) is 11.8 Å². The number of rotatable bonds is 9.